The van der Waals surface area contributed by atoms with E-state index in [1.54, 1.807) is 0 Å². The van der Waals surface area contributed by atoms with Gasteiger partial charge in [-0.3, -0.25) is 4.79 Å². The van der Waals surface area contributed by atoms with Gasteiger partial charge in [-0.05, 0) is 6.42 Å². The molecule has 0 radical (unpaired) electrons. The lowest BCUT2D eigenvalue weighted by Gasteiger charge is -1.96. The maximum absolute atomic E-state index is 11.0. The molecule has 0 saturated heterocycles. The van der Waals surface area contributed by atoms with Gasteiger partial charge in [-0.15, -0.1) is 0 Å². The molecule has 0 aliphatic carbocycles. The molecule has 1 aromatic rings. The Hall–Kier alpha value is -1.39. The van der Waals surface area contributed by atoms with Gasteiger partial charge in [0.1, 0.15) is 0 Å². The van der Waals surface area contributed by atoms with Gasteiger partial charge in [0.25, 0.3) is 11.7 Å². The molecule has 0 unspecified atom stereocenters. The number of rotatable bonds is 3. The average Bonchev–Trinajstić information content (AvgIpc) is 2.52. The first-order valence-corrected chi connectivity index (χ1v) is 3.39. The Morgan fingerprint density at radius 1 is 1.82 bits per heavy atom. The molecule has 1 amide bonds. The van der Waals surface area contributed by atoms with Crippen molar-refractivity contribution in [1.29, 1.82) is 0 Å². The number of carbonyl (C=O) groups excluding carboxylic acids is 1. The van der Waals surface area contributed by atoms with E-state index < -0.39 is 0 Å². The van der Waals surface area contributed by atoms with E-state index in [0.717, 1.165) is 12.8 Å². The van der Waals surface area contributed by atoms with Crippen LogP contribution >= 0.6 is 0 Å². The third-order valence-electron chi connectivity index (χ3n) is 1.10. The first kappa shape index (κ1) is 7.71. The second-order valence-corrected chi connectivity index (χ2v) is 2.01. The molecule has 0 atom stereocenters. The van der Waals surface area contributed by atoms with Crippen LogP contribution in [0.4, 0.5) is 0 Å². The Bertz CT molecular complexity index is 220. The molecule has 60 valence electrons. The van der Waals surface area contributed by atoms with Crippen LogP contribution in [0.2, 0.25) is 0 Å². The maximum atomic E-state index is 11.0. The second-order valence-electron chi connectivity index (χ2n) is 2.01. The molecule has 0 spiro atoms. The summed E-state index contributed by atoms with van der Waals surface area (Å²) in [4.78, 5) is 14.5. The van der Waals surface area contributed by atoms with Crippen LogP contribution in [0.1, 0.15) is 24.0 Å². The number of hydrogen-bond acceptors (Lipinski definition) is 4. The van der Waals surface area contributed by atoms with Crippen LogP contribution in [0.15, 0.2) is 10.9 Å². The van der Waals surface area contributed by atoms with Crippen molar-refractivity contribution in [3.63, 3.8) is 0 Å². The van der Waals surface area contributed by atoms with Gasteiger partial charge < -0.3 is 9.84 Å². The van der Waals surface area contributed by atoms with E-state index in [1.807, 2.05) is 6.92 Å². The molecule has 5 nitrogen and oxygen atoms in total. The van der Waals surface area contributed by atoms with E-state index in [2.05, 4.69) is 20.0 Å². The number of aromatic nitrogens is 2. The van der Waals surface area contributed by atoms with E-state index >= 15 is 0 Å². The van der Waals surface area contributed by atoms with E-state index in [1.165, 1.54) is 0 Å². The third-order valence-corrected chi connectivity index (χ3v) is 1.10. The highest BCUT2D eigenvalue weighted by atomic mass is 16.5. The lowest BCUT2D eigenvalue weighted by Crippen LogP contribution is -2.24. The molecule has 0 fully saturated rings. The largest absolute Gasteiger partial charge is 0.349 e. The number of nitrogens with zero attached hydrogens (tertiary/aromatic N) is 2. The van der Waals surface area contributed by atoms with Gasteiger partial charge in [-0.2, -0.15) is 4.98 Å². The van der Waals surface area contributed by atoms with Crippen LogP contribution in [0.5, 0.6) is 0 Å². The topological polar surface area (TPSA) is 68.0 Å². The van der Waals surface area contributed by atoms with Crippen LogP contribution in [0, 0.1) is 0 Å². The van der Waals surface area contributed by atoms with Crippen molar-refractivity contribution in [2.45, 2.75) is 13.3 Å². The molecule has 0 bridgehead atoms. The minimum Gasteiger partial charge on any atom is -0.349 e. The van der Waals surface area contributed by atoms with Crippen LogP contribution in [-0.2, 0) is 0 Å². The average molecular weight is 155 g/mol. The fourth-order valence-corrected chi connectivity index (χ4v) is 0.588. The lowest BCUT2D eigenvalue weighted by molar-refractivity contribution is 0.0940. The number of carbonyl (C=O) groups is 1. The summed E-state index contributed by atoms with van der Waals surface area (Å²) >= 11 is 0. The zero-order valence-corrected chi connectivity index (χ0v) is 6.20. The van der Waals surface area contributed by atoms with Crippen molar-refractivity contribution in [2.75, 3.05) is 6.54 Å². The molecule has 1 N–H and O–H groups in total. The molecule has 1 aromatic heterocycles. The summed E-state index contributed by atoms with van der Waals surface area (Å²) in [5.41, 5.74) is 0. The zero-order valence-electron chi connectivity index (χ0n) is 6.20. The van der Waals surface area contributed by atoms with E-state index in [0.29, 0.717) is 6.54 Å². The molecular weight excluding hydrogens is 146 g/mol. The predicted octanol–water partition coefficient (Wildman–Crippen LogP) is 0.209. The summed E-state index contributed by atoms with van der Waals surface area (Å²) in [5.74, 6) is -0.209. The minimum absolute atomic E-state index is 0.0819. The molecular formula is C6H9N3O2. The van der Waals surface area contributed by atoms with Crippen LogP contribution in [0.25, 0.3) is 0 Å². The van der Waals surface area contributed by atoms with Gasteiger partial charge in [0.05, 0.1) is 0 Å². The quantitative estimate of drug-likeness (QED) is 0.677. The van der Waals surface area contributed by atoms with Crippen molar-refractivity contribution in [1.82, 2.24) is 15.5 Å². The highest BCUT2D eigenvalue weighted by Crippen LogP contribution is 1.86. The molecule has 0 aromatic carbocycles. The first-order chi connectivity index (χ1) is 5.34. The zero-order chi connectivity index (χ0) is 8.10. The fourth-order valence-electron chi connectivity index (χ4n) is 0.588. The second kappa shape index (κ2) is 3.70. The van der Waals surface area contributed by atoms with Crippen molar-refractivity contribution in [2.24, 2.45) is 0 Å². The van der Waals surface area contributed by atoms with Gasteiger partial charge in [-0.25, -0.2) is 0 Å². The van der Waals surface area contributed by atoms with Gasteiger partial charge in [0.2, 0.25) is 6.39 Å². The maximum Gasteiger partial charge on any atom is 0.292 e. The first-order valence-electron chi connectivity index (χ1n) is 3.39. The summed E-state index contributed by atoms with van der Waals surface area (Å²) in [7, 11) is 0. The van der Waals surface area contributed by atoms with Crippen molar-refractivity contribution in [3.8, 4) is 0 Å². The standard InChI is InChI=1S/C6H9N3O2/c1-2-3-7-6(10)5-8-4-11-9-5/h4H,2-3H2,1H3,(H,7,10). The Morgan fingerprint density at radius 3 is 3.18 bits per heavy atom. The van der Waals surface area contributed by atoms with Crippen molar-refractivity contribution in [3.05, 3.63) is 12.2 Å². The van der Waals surface area contributed by atoms with E-state index in [-0.39, 0.29) is 11.7 Å². The molecule has 11 heavy (non-hydrogen) atoms. The summed E-state index contributed by atoms with van der Waals surface area (Å²) in [5, 5.41) is 5.98. The van der Waals surface area contributed by atoms with E-state index in [9.17, 15) is 4.79 Å². The molecule has 5 heteroatoms. The number of amides is 1. The molecule has 0 aliphatic heterocycles. The Labute approximate surface area is 63.8 Å². The van der Waals surface area contributed by atoms with E-state index in [4.69, 9.17) is 0 Å². The fraction of sp³-hybridized carbons (Fsp3) is 0.500. The van der Waals surface area contributed by atoms with Crippen molar-refractivity contribution < 1.29 is 9.32 Å². The number of nitrogens with one attached hydrogen (secondary N) is 1. The summed E-state index contributed by atoms with van der Waals surface area (Å²) < 4.78 is 4.39. The highest BCUT2D eigenvalue weighted by Gasteiger charge is 2.08. The lowest BCUT2D eigenvalue weighted by atomic mass is 10.4. The van der Waals surface area contributed by atoms with Gasteiger partial charge in [0, 0.05) is 6.54 Å². The minimum atomic E-state index is -0.291. The van der Waals surface area contributed by atoms with Crippen molar-refractivity contribution >= 4 is 5.91 Å². The monoisotopic (exact) mass is 155 g/mol. The Balaban J connectivity index is 2.43. The number of hydrogen-bond donors (Lipinski definition) is 1. The molecule has 0 aliphatic rings. The molecule has 1 rings (SSSR count). The predicted molar refractivity (Wildman–Crippen MR) is 36.9 cm³/mol. The van der Waals surface area contributed by atoms with Gasteiger partial charge in [-0.1, -0.05) is 12.1 Å². The Kier molecular flexibility index (Phi) is 2.59. The normalized spacial score (nSPS) is 9.55. The molecule has 0 saturated carbocycles. The summed E-state index contributed by atoms with van der Waals surface area (Å²) in [6, 6.07) is 0. The summed E-state index contributed by atoms with van der Waals surface area (Å²) in [6.07, 6.45) is 2.02. The SMILES string of the molecule is CCCNC(=O)c1ncon1. The highest BCUT2D eigenvalue weighted by molar-refractivity contribution is 5.89. The summed E-state index contributed by atoms with van der Waals surface area (Å²) in [6.45, 7) is 2.60. The van der Waals surface area contributed by atoms with Crippen LogP contribution in [0.3, 0.4) is 0 Å². The van der Waals surface area contributed by atoms with Gasteiger partial charge in [0.15, 0.2) is 0 Å². The van der Waals surface area contributed by atoms with Gasteiger partial charge >= 0.3 is 0 Å². The van der Waals surface area contributed by atoms with Crippen LogP contribution in [-0.4, -0.2) is 22.6 Å². The molecule has 1 heterocycles. The Morgan fingerprint density at radius 2 is 2.64 bits per heavy atom. The van der Waals surface area contributed by atoms with Crippen LogP contribution < -0.4 is 5.32 Å². The third kappa shape index (κ3) is 2.03. The smallest absolute Gasteiger partial charge is 0.292 e.